The van der Waals surface area contributed by atoms with Gasteiger partial charge in [0.1, 0.15) is 0 Å². The Morgan fingerprint density at radius 1 is 0.903 bits per heavy atom. The zero-order chi connectivity index (χ0) is 21.9. The largest absolute Gasteiger partial charge is 0.441 e. The Hall–Kier alpha value is -3.36. The summed E-state index contributed by atoms with van der Waals surface area (Å²) in [5.41, 5.74) is 2.34. The van der Waals surface area contributed by atoms with Crippen molar-refractivity contribution in [3.8, 4) is 11.8 Å². The molecule has 0 heterocycles. The number of benzene rings is 3. The molecule has 3 aromatic carbocycles. The lowest BCUT2D eigenvalue weighted by Crippen LogP contribution is -2.24. The molecule has 156 valence electrons. The van der Waals surface area contributed by atoms with Crippen LogP contribution in [0.15, 0.2) is 89.4 Å². The van der Waals surface area contributed by atoms with E-state index in [-0.39, 0.29) is 12.5 Å². The molecule has 0 fully saturated rings. The van der Waals surface area contributed by atoms with E-state index in [2.05, 4.69) is 33.1 Å². The molecule has 1 amide bonds. The molecule has 0 bridgehead atoms. The molecule has 0 aromatic heterocycles. The SMILES string of the molecule is O=C(CCc1ccccc1)NCC#CC(OC(=O)c1ccccc1)c1ccc(Br)cc1. The summed E-state index contributed by atoms with van der Waals surface area (Å²) in [4.78, 5) is 24.5. The van der Waals surface area contributed by atoms with Crippen molar-refractivity contribution in [1.82, 2.24) is 5.32 Å². The zero-order valence-electron chi connectivity index (χ0n) is 16.9. The molecule has 31 heavy (non-hydrogen) atoms. The van der Waals surface area contributed by atoms with E-state index in [0.717, 1.165) is 15.6 Å². The molecule has 1 atom stereocenters. The van der Waals surface area contributed by atoms with E-state index in [1.165, 1.54) is 0 Å². The standard InChI is InChI=1S/C26H22BrNO3/c27-23-16-14-21(15-17-23)24(31-26(30)22-10-5-2-6-11-22)12-7-19-28-25(29)18-13-20-8-3-1-4-9-20/h1-6,8-11,14-17,24H,13,18-19H2,(H,28,29). The van der Waals surface area contributed by atoms with Gasteiger partial charge in [0.05, 0.1) is 12.1 Å². The number of ether oxygens (including phenoxy) is 1. The van der Waals surface area contributed by atoms with Gasteiger partial charge in [0, 0.05) is 16.5 Å². The van der Waals surface area contributed by atoms with Crippen molar-refractivity contribution in [1.29, 1.82) is 0 Å². The Kier molecular flexibility index (Phi) is 8.45. The third-order valence-electron chi connectivity index (χ3n) is 4.50. The van der Waals surface area contributed by atoms with E-state index < -0.39 is 12.1 Å². The van der Waals surface area contributed by atoms with Crippen LogP contribution in [0.5, 0.6) is 0 Å². The fourth-order valence-electron chi connectivity index (χ4n) is 2.85. The van der Waals surface area contributed by atoms with Gasteiger partial charge in [-0.3, -0.25) is 4.79 Å². The van der Waals surface area contributed by atoms with Crippen molar-refractivity contribution in [2.45, 2.75) is 18.9 Å². The zero-order valence-corrected chi connectivity index (χ0v) is 18.5. The second-order valence-corrected chi connectivity index (χ2v) is 7.70. The van der Waals surface area contributed by atoms with Gasteiger partial charge in [0.15, 0.2) is 6.10 Å². The minimum absolute atomic E-state index is 0.0698. The maximum Gasteiger partial charge on any atom is 0.339 e. The van der Waals surface area contributed by atoms with Gasteiger partial charge in [-0.1, -0.05) is 88.4 Å². The maximum atomic E-state index is 12.5. The van der Waals surface area contributed by atoms with Crippen LogP contribution in [0.1, 0.15) is 34.0 Å². The lowest BCUT2D eigenvalue weighted by molar-refractivity contribution is -0.120. The molecule has 0 saturated heterocycles. The van der Waals surface area contributed by atoms with Gasteiger partial charge < -0.3 is 10.1 Å². The lowest BCUT2D eigenvalue weighted by atomic mass is 10.1. The van der Waals surface area contributed by atoms with Crippen LogP contribution in [-0.2, 0) is 16.0 Å². The highest BCUT2D eigenvalue weighted by atomic mass is 79.9. The highest BCUT2D eigenvalue weighted by Crippen LogP contribution is 2.21. The molecule has 4 nitrogen and oxygen atoms in total. The highest BCUT2D eigenvalue weighted by Gasteiger charge is 2.16. The normalized spacial score (nSPS) is 11.0. The monoisotopic (exact) mass is 475 g/mol. The van der Waals surface area contributed by atoms with Crippen LogP contribution in [0, 0.1) is 11.8 Å². The third kappa shape index (κ3) is 7.44. The molecular weight excluding hydrogens is 454 g/mol. The van der Waals surface area contributed by atoms with Gasteiger partial charge in [0.25, 0.3) is 0 Å². The van der Waals surface area contributed by atoms with Gasteiger partial charge in [-0.15, -0.1) is 0 Å². The Balaban J connectivity index is 1.59. The molecule has 0 aliphatic rings. The van der Waals surface area contributed by atoms with Crippen molar-refractivity contribution in [3.05, 3.63) is 106 Å². The van der Waals surface area contributed by atoms with Crippen molar-refractivity contribution >= 4 is 27.8 Å². The smallest absolute Gasteiger partial charge is 0.339 e. The first-order valence-corrected chi connectivity index (χ1v) is 10.7. The van der Waals surface area contributed by atoms with Crippen molar-refractivity contribution in [3.63, 3.8) is 0 Å². The highest BCUT2D eigenvalue weighted by molar-refractivity contribution is 9.10. The second-order valence-electron chi connectivity index (χ2n) is 6.79. The molecule has 0 radical (unpaired) electrons. The quantitative estimate of drug-likeness (QED) is 0.382. The first-order chi connectivity index (χ1) is 15.1. The summed E-state index contributed by atoms with van der Waals surface area (Å²) in [7, 11) is 0. The fourth-order valence-corrected chi connectivity index (χ4v) is 3.11. The first kappa shape index (κ1) is 22.3. The van der Waals surface area contributed by atoms with Gasteiger partial charge in [-0.25, -0.2) is 4.79 Å². The topological polar surface area (TPSA) is 55.4 Å². The summed E-state index contributed by atoms with van der Waals surface area (Å²) in [5.74, 6) is 5.36. The summed E-state index contributed by atoms with van der Waals surface area (Å²) in [5, 5.41) is 2.79. The number of carbonyl (C=O) groups is 2. The number of hydrogen-bond donors (Lipinski definition) is 1. The molecule has 1 N–H and O–H groups in total. The van der Waals surface area contributed by atoms with E-state index >= 15 is 0 Å². The summed E-state index contributed by atoms with van der Waals surface area (Å²) < 4.78 is 6.55. The minimum atomic E-state index is -0.734. The van der Waals surface area contributed by atoms with Crippen LogP contribution in [0.2, 0.25) is 0 Å². The molecule has 0 aliphatic carbocycles. The average Bonchev–Trinajstić information content (AvgIpc) is 2.81. The Bertz CT molecular complexity index is 1050. The molecular formula is C26H22BrNO3. The molecule has 1 unspecified atom stereocenters. The van der Waals surface area contributed by atoms with Crippen LogP contribution in [0.3, 0.4) is 0 Å². The predicted molar refractivity (Wildman–Crippen MR) is 124 cm³/mol. The van der Waals surface area contributed by atoms with Crippen molar-refractivity contribution in [2.75, 3.05) is 6.54 Å². The maximum absolute atomic E-state index is 12.5. The molecule has 3 rings (SSSR count). The van der Waals surface area contributed by atoms with E-state index in [4.69, 9.17) is 4.74 Å². The number of nitrogens with one attached hydrogen (secondary N) is 1. The second kappa shape index (κ2) is 11.7. The minimum Gasteiger partial charge on any atom is -0.441 e. The third-order valence-corrected chi connectivity index (χ3v) is 5.03. The van der Waals surface area contributed by atoms with Crippen molar-refractivity contribution < 1.29 is 14.3 Å². The Labute approximate surface area is 190 Å². The van der Waals surface area contributed by atoms with Gasteiger partial charge in [-0.05, 0) is 36.2 Å². The van der Waals surface area contributed by atoms with Gasteiger partial charge in [0.2, 0.25) is 5.91 Å². The number of halogens is 1. The molecule has 0 spiro atoms. The molecule has 5 heteroatoms. The number of rotatable bonds is 7. The van der Waals surface area contributed by atoms with Gasteiger partial charge >= 0.3 is 5.97 Å². The first-order valence-electron chi connectivity index (χ1n) is 9.92. The van der Waals surface area contributed by atoms with E-state index in [9.17, 15) is 9.59 Å². The number of carbonyl (C=O) groups excluding carboxylic acids is 2. The molecule has 0 saturated carbocycles. The average molecular weight is 476 g/mol. The lowest BCUT2D eigenvalue weighted by Gasteiger charge is -2.13. The summed E-state index contributed by atoms with van der Waals surface area (Å²) >= 11 is 3.40. The van der Waals surface area contributed by atoms with Crippen LogP contribution in [-0.4, -0.2) is 18.4 Å². The summed E-state index contributed by atoms with van der Waals surface area (Å²) in [6, 6.07) is 26.1. The number of esters is 1. The summed E-state index contributed by atoms with van der Waals surface area (Å²) in [6.07, 6.45) is 0.336. The predicted octanol–water partition coefficient (Wildman–Crippen LogP) is 5.10. The fraction of sp³-hybridized carbons (Fsp3) is 0.154. The molecule has 0 aliphatic heterocycles. The number of aryl methyl sites for hydroxylation is 1. The number of amides is 1. The number of hydrogen-bond acceptors (Lipinski definition) is 3. The van der Waals surface area contributed by atoms with Crippen molar-refractivity contribution in [2.24, 2.45) is 0 Å². The van der Waals surface area contributed by atoms with E-state index in [0.29, 0.717) is 18.4 Å². The van der Waals surface area contributed by atoms with Crippen LogP contribution in [0.4, 0.5) is 0 Å². The van der Waals surface area contributed by atoms with Crippen LogP contribution < -0.4 is 5.32 Å². The molecule has 3 aromatic rings. The Morgan fingerprint density at radius 3 is 2.23 bits per heavy atom. The Morgan fingerprint density at radius 2 is 1.55 bits per heavy atom. The van der Waals surface area contributed by atoms with Crippen LogP contribution in [0.25, 0.3) is 0 Å². The van der Waals surface area contributed by atoms with E-state index in [1.807, 2.05) is 60.7 Å². The summed E-state index contributed by atoms with van der Waals surface area (Å²) in [6.45, 7) is 0.184. The van der Waals surface area contributed by atoms with Gasteiger partial charge in [-0.2, -0.15) is 0 Å². The van der Waals surface area contributed by atoms with Crippen LogP contribution >= 0.6 is 15.9 Å². The van der Waals surface area contributed by atoms with E-state index in [1.54, 1.807) is 24.3 Å².